The van der Waals surface area contributed by atoms with Gasteiger partial charge in [0.15, 0.2) is 0 Å². The van der Waals surface area contributed by atoms with Crippen molar-refractivity contribution in [2.24, 2.45) is 40.4 Å². The molecular formula is C26H42O4. The van der Waals surface area contributed by atoms with E-state index in [9.17, 15) is 9.59 Å². The van der Waals surface area contributed by atoms with Crippen LogP contribution in [0.1, 0.15) is 86.5 Å². The minimum atomic E-state index is -0.226. The van der Waals surface area contributed by atoms with Gasteiger partial charge in [0, 0.05) is 19.8 Å². The lowest BCUT2D eigenvalue weighted by Gasteiger charge is -2.56. The van der Waals surface area contributed by atoms with Gasteiger partial charge in [0.25, 0.3) is 0 Å². The number of fused-ring (bicyclic) bond motifs is 1. The van der Waals surface area contributed by atoms with Crippen LogP contribution in [0, 0.1) is 40.4 Å². The van der Waals surface area contributed by atoms with E-state index in [1.807, 2.05) is 0 Å². The Kier molecular flexibility index (Phi) is 6.74. The average Bonchev–Trinajstić information content (AvgIpc) is 3.00. The fourth-order valence-corrected chi connectivity index (χ4v) is 7.92. The van der Waals surface area contributed by atoms with Gasteiger partial charge in [-0.3, -0.25) is 9.59 Å². The average molecular weight is 419 g/mol. The standard InChI is InChI=1S/C26H42O4/c1-16(2)22-8-9-23-17(3)24(11-13-26(22,23)7)25(6)12-10-21(30-19(5)28)14-20(25)15-29-18(4)27/h17,20-24H,1,8-15H2,2-7H3/t17-,20+,21-,22+,23?,24?,25-,26+/m0/s1. The minimum absolute atomic E-state index is 0.0560. The molecule has 3 aliphatic carbocycles. The highest BCUT2D eigenvalue weighted by atomic mass is 16.5. The fraction of sp³-hybridized carbons (Fsp3) is 0.846. The number of esters is 2. The van der Waals surface area contributed by atoms with Crippen LogP contribution in [0.15, 0.2) is 12.2 Å². The highest BCUT2D eigenvalue weighted by molar-refractivity contribution is 5.66. The van der Waals surface area contributed by atoms with Crippen LogP contribution in [0.2, 0.25) is 0 Å². The smallest absolute Gasteiger partial charge is 0.302 e. The van der Waals surface area contributed by atoms with Crippen LogP contribution in [-0.2, 0) is 19.1 Å². The number of carbonyl (C=O) groups is 2. The van der Waals surface area contributed by atoms with E-state index in [2.05, 4.69) is 34.3 Å². The van der Waals surface area contributed by atoms with Gasteiger partial charge in [0.2, 0.25) is 0 Å². The Hall–Kier alpha value is -1.32. The van der Waals surface area contributed by atoms with Crippen LogP contribution in [0.3, 0.4) is 0 Å². The van der Waals surface area contributed by atoms with Crippen molar-refractivity contribution in [1.82, 2.24) is 0 Å². The lowest BCUT2D eigenvalue weighted by Crippen LogP contribution is -2.51. The number of rotatable bonds is 5. The molecule has 0 aliphatic heterocycles. The number of hydrogen-bond donors (Lipinski definition) is 0. The van der Waals surface area contributed by atoms with Crippen molar-refractivity contribution in [1.29, 1.82) is 0 Å². The summed E-state index contributed by atoms with van der Waals surface area (Å²) in [5.41, 5.74) is 1.83. The Balaban J connectivity index is 1.82. The summed E-state index contributed by atoms with van der Waals surface area (Å²) in [4.78, 5) is 23.1. The Labute approximate surface area is 183 Å². The number of carbonyl (C=O) groups excluding carboxylic acids is 2. The predicted octanol–water partition coefficient (Wildman–Crippen LogP) is 5.94. The molecule has 0 radical (unpaired) electrons. The SMILES string of the molecule is C=C(C)[C@H]1CCC2[C@H](C)C([C@@]3(C)CC[C@H](OC(C)=O)C[C@@H]3COC(C)=O)CC[C@@]21C. The summed E-state index contributed by atoms with van der Waals surface area (Å²) in [7, 11) is 0. The molecule has 0 amide bonds. The van der Waals surface area contributed by atoms with Crippen molar-refractivity contribution >= 4 is 11.9 Å². The molecule has 0 N–H and O–H groups in total. The zero-order valence-electron chi connectivity index (χ0n) is 20.0. The summed E-state index contributed by atoms with van der Waals surface area (Å²) in [5, 5.41) is 0. The Morgan fingerprint density at radius 3 is 2.17 bits per heavy atom. The van der Waals surface area contributed by atoms with Crippen molar-refractivity contribution in [2.45, 2.75) is 92.6 Å². The number of allylic oxidation sites excluding steroid dienone is 1. The van der Waals surface area contributed by atoms with E-state index in [1.54, 1.807) is 0 Å². The number of hydrogen-bond acceptors (Lipinski definition) is 4. The molecule has 8 atom stereocenters. The molecule has 0 bridgehead atoms. The van der Waals surface area contributed by atoms with Crippen molar-refractivity contribution in [3.8, 4) is 0 Å². The molecule has 30 heavy (non-hydrogen) atoms. The highest BCUT2D eigenvalue weighted by Crippen LogP contribution is 2.64. The molecule has 0 saturated heterocycles. The minimum Gasteiger partial charge on any atom is -0.466 e. The summed E-state index contributed by atoms with van der Waals surface area (Å²) in [6, 6.07) is 0. The maximum Gasteiger partial charge on any atom is 0.302 e. The van der Waals surface area contributed by atoms with Crippen LogP contribution in [0.4, 0.5) is 0 Å². The molecule has 4 nitrogen and oxygen atoms in total. The molecule has 0 heterocycles. The Morgan fingerprint density at radius 2 is 1.57 bits per heavy atom. The Morgan fingerprint density at radius 1 is 0.933 bits per heavy atom. The molecule has 3 aliphatic rings. The molecule has 2 unspecified atom stereocenters. The largest absolute Gasteiger partial charge is 0.466 e. The molecule has 3 rings (SSSR count). The maximum absolute atomic E-state index is 11.6. The predicted molar refractivity (Wildman–Crippen MR) is 119 cm³/mol. The van der Waals surface area contributed by atoms with Gasteiger partial charge in [-0.15, -0.1) is 0 Å². The van der Waals surface area contributed by atoms with Gasteiger partial charge in [0.1, 0.15) is 6.10 Å². The highest BCUT2D eigenvalue weighted by Gasteiger charge is 2.57. The van der Waals surface area contributed by atoms with Gasteiger partial charge in [-0.2, -0.15) is 0 Å². The van der Waals surface area contributed by atoms with Crippen molar-refractivity contribution < 1.29 is 19.1 Å². The van der Waals surface area contributed by atoms with Crippen molar-refractivity contribution in [3.63, 3.8) is 0 Å². The normalized spacial score (nSPS) is 43.5. The van der Waals surface area contributed by atoms with Gasteiger partial charge in [0.05, 0.1) is 6.61 Å². The zero-order valence-corrected chi connectivity index (χ0v) is 20.0. The molecule has 0 aromatic rings. The zero-order chi connectivity index (χ0) is 22.3. The number of ether oxygens (including phenoxy) is 2. The monoisotopic (exact) mass is 418 g/mol. The molecule has 4 heteroatoms. The van der Waals surface area contributed by atoms with Crippen molar-refractivity contribution in [2.75, 3.05) is 6.61 Å². The van der Waals surface area contributed by atoms with E-state index in [-0.39, 0.29) is 29.4 Å². The second-order valence-corrected chi connectivity index (χ2v) is 11.1. The van der Waals surface area contributed by atoms with Crippen LogP contribution in [0.5, 0.6) is 0 Å². The molecule has 3 saturated carbocycles. The van der Waals surface area contributed by atoms with E-state index >= 15 is 0 Å². The maximum atomic E-state index is 11.6. The lowest BCUT2D eigenvalue weighted by atomic mass is 9.49. The first-order valence-corrected chi connectivity index (χ1v) is 11.9. The summed E-state index contributed by atoms with van der Waals surface area (Å²) in [5.74, 6) is 2.42. The summed E-state index contributed by atoms with van der Waals surface area (Å²) in [6.07, 6.45) is 7.73. The summed E-state index contributed by atoms with van der Waals surface area (Å²) >= 11 is 0. The third kappa shape index (κ3) is 4.21. The third-order valence-electron chi connectivity index (χ3n) is 9.42. The van der Waals surface area contributed by atoms with Gasteiger partial charge >= 0.3 is 11.9 Å². The van der Waals surface area contributed by atoms with Crippen LogP contribution < -0.4 is 0 Å². The van der Waals surface area contributed by atoms with Crippen LogP contribution >= 0.6 is 0 Å². The van der Waals surface area contributed by atoms with E-state index in [0.717, 1.165) is 25.2 Å². The van der Waals surface area contributed by atoms with Crippen molar-refractivity contribution in [3.05, 3.63) is 12.2 Å². The third-order valence-corrected chi connectivity index (χ3v) is 9.42. The van der Waals surface area contributed by atoms with E-state index in [4.69, 9.17) is 9.47 Å². The molecular weight excluding hydrogens is 376 g/mol. The first-order chi connectivity index (χ1) is 14.0. The van der Waals surface area contributed by atoms with Crippen LogP contribution in [-0.4, -0.2) is 24.6 Å². The Bertz CT molecular complexity index is 685. The first-order valence-electron chi connectivity index (χ1n) is 11.9. The lowest BCUT2D eigenvalue weighted by molar-refractivity contribution is -0.161. The van der Waals surface area contributed by atoms with Crippen LogP contribution in [0.25, 0.3) is 0 Å². The summed E-state index contributed by atoms with van der Waals surface area (Å²) < 4.78 is 11.1. The first kappa shape index (κ1) is 23.3. The fourth-order valence-electron chi connectivity index (χ4n) is 7.92. The molecule has 0 spiro atoms. The van der Waals surface area contributed by atoms with Gasteiger partial charge in [-0.05, 0) is 86.4 Å². The second kappa shape index (κ2) is 8.67. The summed E-state index contributed by atoms with van der Waals surface area (Å²) in [6.45, 7) is 17.3. The molecule has 3 fully saturated rings. The molecule has 170 valence electrons. The topological polar surface area (TPSA) is 52.6 Å². The quantitative estimate of drug-likeness (QED) is 0.409. The van der Waals surface area contributed by atoms with E-state index in [1.165, 1.54) is 45.1 Å². The second-order valence-electron chi connectivity index (χ2n) is 11.1. The van der Waals surface area contributed by atoms with Gasteiger partial charge in [-0.1, -0.05) is 32.9 Å². The van der Waals surface area contributed by atoms with Gasteiger partial charge in [-0.25, -0.2) is 0 Å². The van der Waals surface area contributed by atoms with E-state index < -0.39 is 0 Å². The van der Waals surface area contributed by atoms with Gasteiger partial charge < -0.3 is 9.47 Å². The van der Waals surface area contributed by atoms with E-state index in [0.29, 0.717) is 29.8 Å². The molecule has 0 aromatic heterocycles. The molecule has 0 aromatic carbocycles.